The van der Waals surface area contributed by atoms with Gasteiger partial charge in [0, 0.05) is 13.2 Å². The minimum absolute atomic E-state index is 0. The molecule has 3 nitrogen and oxygen atoms in total. The van der Waals surface area contributed by atoms with Crippen molar-refractivity contribution in [1.29, 1.82) is 0 Å². The van der Waals surface area contributed by atoms with Gasteiger partial charge in [-0.3, -0.25) is 0 Å². The molecule has 0 saturated heterocycles. The molecule has 0 aliphatic rings. The second-order valence-electron chi connectivity index (χ2n) is 2.17. The molecule has 72 valence electrons. The minimum atomic E-state index is 0. The molecule has 0 fully saturated rings. The first-order valence-corrected chi connectivity index (χ1v) is 4.48. The molecule has 0 spiro atoms. The molecule has 5 heteroatoms. The summed E-state index contributed by atoms with van der Waals surface area (Å²) in [7, 11) is 1.63. The van der Waals surface area contributed by atoms with E-state index >= 15 is 0 Å². The maximum atomic E-state index is 5.20. The average Bonchev–Trinajstić information content (AvgIpc) is 2.05. The van der Waals surface area contributed by atoms with Gasteiger partial charge in [0.2, 0.25) is 0 Å². The van der Waals surface area contributed by atoms with Crippen molar-refractivity contribution < 1.29 is 33.1 Å². The van der Waals surface area contributed by atoms with Crippen molar-refractivity contribution in [3.63, 3.8) is 0 Å². The number of ether oxygens (including phenoxy) is 3. The molecular weight excluding hydrogens is 231 g/mol. The molecule has 0 amide bonds. The molecule has 0 unspecified atom stereocenters. The van der Waals surface area contributed by atoms with Crippen LogP contribution in [0.4, 0.5) is 0 Å². The molecule has 0 rings (SSSR count). The van der Waals surface area contributed by atoms with Gasteiger partial charge in [-0.2, -0.15) is 0 Å². The van der Waals surface area contributed by atoms with Gasteiger partial charge in [-0.25, -0.2) is 6.08 Å². The second-order valence-corrected chi connectivity index (χ2v) is 2.62. The zero-order valence-electron chi connectivity index (χ0n) is 8.38. The van der Waals surface area contributed by atoms with Crippen molar-refractivity contribution in [3.8, 4) is 0 Å². The smallest absolute Gasteiger partial charge is 0.424 e. The van der Waals surface area contributed by atoms with E-state index < -0.39 is 0 Å². The average molecular weight is 245 g/mol. The number of rotatable bonds is 7. The third-order valence-corrected chi connectivity index (χ3v) is 1.41. The van der Waals surface area contributed by atoms with Gasteiger partial charge in [0.25, 0.3) is 0 Å². The Morgan fingerprint density at radius 2 is 2.15 bits per heavy atom. The van der Waals surface area contributed by atoms with Crippen LogP contribution in [0.15, 0.2) is 6.08 Å². The van der Waals surface area contributed by atoms with E-state index in [-0.39, 0.29) is 31.8 Å². The minimum Gasteiger partial charge on any atom is -0.424 e. The molecule has 0 N–H and O–H groups in total. The predicted molar refractivity (Wildman–Crippen MR) is 50.0 cm³/mol. The summed E-state index contributed by atoms with van der Waals surface area (Å²) in [6.45, 7) is 3.35. The fraction of sp³-hybridized carbons (Fsp3) is 0.750. The molecule has 0 saturated carbocycles. The van der Waals surface area contributed by atoms with Crippen LogP contribution in [0.5, 0.6) is 0 Å². The Morgan fingerprint density at radius 1 is 1.46 bits per heavy atom. The van der Waals surface area contributed by atoms with E-state index in [4.69, 9.17) is 14.2 Å². The Labute approximate surface area is 100 Å². The summed E-state index contributed by atoms with van der Waals surface area (Å²) in [4.78, 5) is 2.70. The summed E-state index contributed by atoms with van der Waals surface area (Å²) < 4.78 is 15.1. The zero-order valence-corrected chi connectivity index (χ0v) is 9.96. The standard InChI is InChI=1S/C8H14BrO3.Li/c1-8(3-4-9)12-7-11-6-5-10-2;/h3,8H,5-7H2,1-2H3;/q-1;+1/t8-;/m1./s1. The predicted octanol–water partition coefficient (Wildman–Crippen LogP) is -1.27. The molecule has 0 aromatic carbocycles. The first kappa shape index (κ1) is 16.1. The SMILES string of the molecule is COCCOCO[C@H](C)C=[C-]Br.[Li+]. The Kier molecular flexibility index (Phi) is 15.8. The van der Waals surface area contributed by atoms with E-state index in [2.05, 4.69) is 20.9 Å². The van der Waals surface area contributed by atoms with Crippen molar-refractivity contribution in [3.05, 3.63) is 11.1 Å². The van der Waals surface area contributed by atoms with Gasteiger partial charge in [0.15, 0.2) is 0 Å². The van der Waals surface area contributed by atoms with Crippen LogP contribution in [0.3, 0.4) is 0 Å². The van der Waals surface area contributed by atoms with Gasteiger partial charge in [0.1, 0.15) is 6.79 Å². The topological polar surface area (TPSA) is 27.7 Å². The third-order valence-electron chi connectivity index (χ3n) is 1.14. The summed E-state index contributed by atoms with van der Waals surface area (Å²) in [6, 6.07) is 0. The molecule has 13 heavy (non-hydrogen) atoms. The van der Waals surface area contributed by atoms with E-state index in [1.807, 2.05) is 6.92 Å². The third kappa shape index (κ3) is 12.7. The summed E-state index contributed by atoms with van der Waals surface area (Å²) in [5.74, 6) is 0. The van der Waals surface area contributed by atoms with E-state index in [1.54, 1.807) is 13.2 Å². The van der Waals surface area contributed by atoms with Crippen molar-refractivity contribution in [2.24, 2.45) is 0 Å². The molecule has 1 atom stereocenters. The maximum Gasteiger partial charge on any atom is 1.00 e. The van der Waals surface area contributed by atoms with Crippen LogP contribution in [0.2, 0.25) is 0 Å². The van der Waals surface area contributed by atoms with Gasteiger partial charge in [0.05, 0.1) is 13.2 Å². The number of methoxy groups -OCH3 is 1. The van der Waals surface area contributed by atoms with Crippen LogP contribution in [0.25, 0.3) is 0 Å². The summed E-state index contributed by atoms with van der Waals surface area (Å²) in [5.41, 5.74) is 0. The van der Waals surface area contributed by atoms with Crippen LogP contribution in [-0.2, 0) is 14.2 Å². The van der Waals surface area contributed by atoms with Crippen molar-refractivity contribution in [2.75, 3.05) is 27.1 Å². The molecule has 0 bridgehead atoms. The molecule has 0 aliphatic carbocycles. The summed E-state index contributed by atoms with van der Waals surface area (Å²) >= 11 is 3.04. The first-order chi connectivity index (χ1) is 5.81. The number of hydrogen-bond donors (Lipinski definition) is 0. The molecule has 0 aromatic heterocycles. The van der Waals surface area contributed by atoms with E-state index in [0.29, 0.717) is 13.2 Å². The molecule has 0 heterocycles. The van der Waals surface area contributed by atoms with E-state index in [9.17, 15) is 0 Å². The number of hydrogen-bond acceptors (Lipinski definition) is 3. The Hall–Kier alpha value is 0.697. The van der Waals surface area contributed by atoms with Gasteiger partial charge >= 0.3 is 18.9 Å². The largest absolute Gasteiger partial charge is 1.00 e. The Morgan fingerprint density at radius 3 is 2.69 bits per heavy atom. The number of halogens is 1. The van der Waals surface area contributed by atoms with Gasteiger partial charge in [-0.15, -0.1) is 0 Å². The normalized spacial score (nSPS) is 12.8. The molecule has 0 radical (unpaired) electrons. The van der Waals surface area contributed by atoms with Crippen molar-refractivity contribution in [2.45, 2.75) is 13.0 Å². The Balaban J connectivity index is 0. The van der Waals surface area contributed by atoms with Crippen LogP contribution in [0.1, 0.15) is 6.92 Å². The van der Waals surface area contributed by atoms with Gasteiger partial charge in [-0.1, -0.05) is 0 Å². The zero-order chi connectivity index (χ0) is 9.23. The van der Waals surface area contributed by atoms with Crippen LogP contribution in [0, 0.1) is 4.99 Å². The van der Waals surface area contributed by atoms with Crippen LogP contribution >= 0.6 is 15.9 Å². The van der Waals surface area contributed by atoms with Gasteiger partial charge < -0.3 is 35.1 Å². The maximum absolute atomic E-state index is 5.20. The van der Waals surface area contributed by atoms with E-state index in [1.165, 1.54) is 0 Å². The van der Waals surface area contributed by atoms with Crippen molar-refractivity contribution in [1.82, 2.24) is 0 Å². The summed E-state index contributed by atoms with van der Waals surface area (Å²) in [6.07, 6.45) is 1.78. The van der Waals surface area contributed by atoms with Crippen LogP contribution in [-0.4, -0.2) is 33.2 Å². The van der Waals surface area contributed by atoms with Crippen molar-refractivity contribution >= 4 is 15.9 Å². The second kappa shape index (κ2) is 12.7. The quantitative estimate of drug-likeness (QED) is 0.242. The fourth-order valence-electron chi connectivity index (χ4n) is 0.493. The van der Waals surface area contributed by atoms with Gasteiger partial charge in [-0.05, 0) is 6.92 Å². The monoisotopic (exact) mass is 244 g/mol. The summed E-state index contributed by atoms with van der Waals surface area (Å²) in [5, 5.41) is 0. The van der Waals surface area contributed by atoms with E-state index in [0.717, 1.165) is 0 Å². The molecular formula is C8H14BrLiO3. The fourth-order valence-corrected chi connectivity index (χ4v) is 0.866. The first-order valence-electron chi connectivity index (χ1n) is 3.69. The Bertz CT molecular complexity index is 122. The molecule has 0 aromatic rings. The molecule has 0 aliphatic heterocycles. The van der Waals surface area contributed by atoms with Crippen LogP contribution < -0.4 is 18.9 Å².